The molecule has 0 bridgehead atoms. The molecule has 2 atom stereocenters. The molecule has 2 aliphatic heterocycles. The summed E-state index contributed by atoms with van der Waals surface area (Å²) in [5.41, 5.74) is 1.74. The van der Waals surface area contributed by atoms with E-state index in [0.717, 1.165) is 11.3 Å². The van der Waals surface area contributed by atoms with E-state index in [2.05, 4.69) is 5.32 Å². The minimum absolute atomic E-state index is 0.143. The zero-order chi connectivity index (χ0) is 18.1. The lowest BCUT2D eigenvalue weighted by Crippen LogP contribution is -2.38. The quantitative estimate of drug-likeness (QED) is 0.859. The number of carbonyl (C=O) groups excluding carboxylic acids is 2. The first kappa shape index (κ1) is 16.4. The SMILES string of the molecule is C[C@@H](NC(=O)[C@@H]1CCN(c2ccc3c(c2)OCO3)C1=O)c1ccccc1. The molecule has 2 aliphatic rings. The minimum atomic E-state index is -0.661. The van der Waals surface area contributed by atoms with Crippen LogP contribution in [-0.2, 0) is 9.59 Å². The predicted octanol–water partition coefficient (Wildman–Crippen LogP) is 2.65. The van der Waals surface area contributed by atoms with Gasteiger partial charge in [-0.2, -0.15) is 0 Å². The van der Waals surface area contributed by atoms with Crippen LogP contribution in [0.15, 0.2) is 48.5 Å². The molecule has 6 nitrogen and oxygen atoms in total. The Kier molecular flexibility index (Phi) is 4.24. The summed E-state index contributed by atoms with van der Waals surface area (Å²) in [4.78, 5) is 27.0. The molecule has 6 heteroatoms. The van der Waals surface area contributed by atoms with Crippen LogP contribution in [-0.4, -0.2) is 25.2 Å². The summed E-state index contributed by atoms with van der Waals surface area (Å²) in [6.45, 7) is 2.62. The average Bonchev–Trinajstić information content (AvgIpc) is 3.28. The van der Waals surface area contributed by atoms with Gasteiger partial charge < -0.3 is 19.7 Å². The number of nitrogens with one attached hydrogen (secondary N) is 1. The Balaban J connectivity index is 1.44. The number of fused-ring (bicyclic) bond motifs is 1. The number of hydrogen-bond donors (Lipinski definition) is 1. The number of rotatable bonds is 4. The van der Waals surface area contributed by atoms with Crippen LogP contribution in [0.1, 0.15) is 24.9 Å². The molecule has 2 aromatic carbocycles. The highest BCUT2D eigenvalue weighted by Gasteiger charge is 2.38. The van der Waals surface area contributed by atoms with E-state index in [-0.39, 0.29) is 24.6 Å². The molecule has 1 fully saturated rings. The van der Waals surface area contributed by atoms with Gasteiger partial charge in [-0.15, -0.1) is 0 Å². The third-order valence-corrected chi connectivity index (χ3v) is 4.85. The molecular weight excluding hydrogens is 332 g/mol. The lowest BCUT2D eigenvalue weighted by atomic mass is 10.0. The summed E-state index contributed by atoms with van der Waals surface area (Å²) in [7, 11) is 0. The number of hydrogen-bond acceptors (Lipinski definition) is 4. The van der Waals surface area contributed by atoms with Gasteiger partial charge in [0.05, 0.1) is 6.04 Å². The van der Waals surface area contributed by atoms with Gasteiger partial charge in [0.15, 0.2) is 11.5 Å². The Hall–Kier alpha value is -3.02. The zero-order valence-corrected chi connectivity index (χ0v) is 14.5. The Morgan fingerprint density at radius 1 is 1.15 bits per heavy atom. The van der Waals surface area contributed by atoms with Crippen molar-refractivity contribution < 1.29 is 19.1 Å². The first-order valence-corrected chi connectivity index (χ1v) is 8.70. The lowest BCUT2D eigenvalue weighted by Gasteiger charge is -2.19. The molecule has 0 spiro atoms. The van der Waals surface area contributed by atoms with Crippen LogP contribution < -0.4 is 19.7 Å². The molecule has 2 aromatic rings. The average molecular weight is 352 g/mol. The molecule has 0 aromatic heterocycles. The van der Waals surface area contributed by atoms with Gasteiger partial charge in [0.25, 0.3) is 0 Å². The number of benzene rings is 2. The number of nitrogens with zero attached hydrogens (tertiary/aromatic N) is 1. The number of anilines is 1. The summed E-state index contributed by atoms with van der Waals surface area (Å²) in [6, 6.07) is 15.0. The largest absolute Gasteiger partial charge is 0.454 e. The molecule has 2 heterocycles. The van der Waals surface area contributed by atoms with Crippen LogP contribution in [0, 0.1) is 5.92 Å². The van der Waals surface area contributed by atoms with Crippen molar-refractivity contribution in [2.24, 2.45) is 5.92 Å². The van der Waals surface area contributed by atoms with E-state index in [1.54, 1.807) is 17.0 Å². The van der Waals surface area contributed by atoms with Crippen molar-refractivity contribution in [2.75, 3.05) is 18.2 Å². The Morgan fingerprint density at radius 2 is 1.92 bits per heavy atom. The highest BCUT2D eigenvalue weighted by molar-refractivity contribution is 6.09. The summed E-state index contributed by atoms with van der Waals surface area (Å²) in [5, 5.41) is 2.95. The molecule has 1 saturated heterocycles. The fourth-order valence-electron chi connectivity index (χ4n) is 3.37. The molecule has 4 rings (SSSR count). The second kappa shape index (κ2) is 6.71. The van der Waals surface area contributed by atoms with Gasteiger partial charge in [0.1, 0.15) is 5.92 Å². The van der Waals surface area contributed by atoms with Gasteiger partial charge in [-0.1, -0.05) is 30.3 Å². The maximum Gasteiger partial charge on any atom is 0.239 e. The number of carbonyl (C=O) groups is 2. The summed E-state index contributed by atoms with van der Waals surface area (Å²) in [5.74, 6) is 0.232. The highest BCUT2D eigenvalue weighted by atomic mass is 16.7. The van der Waals surface area contributed by atoms with E-state index in [1.165, 1.54) is 0 Å². The summed E-state index contributed by atoms with van der Waals surface area (Å²) >= 11 is 0. The van der Waals surface area contributed by atoms with Gasteiger partial charge in [0, 0.05) is 18.3 Å². The highest BCUT2D eigenvalue weighted by Crippen LogP contribution is 2.37. The Morgan fingerprint density at radius 3 is 2.73 bits per heavy atom. The van der Waals surface area contributed by atoms with Crippen molar-refractivity contribution in [2.45, 2.75) is 19.4 Å². The topological polar surface area (TPSA) is 67.9 Å². The smallest absolute Gasteiger partial charge is 0.239 e. The fraction of sp³-hybridized carbons (Fsp3) is 0.300. The first-order valence-electron chi connectivity index (χ1n) is 8.70. The summed E-state index contributed by atoms with van der Waals surface area (Å²) in [6.07, 6.45) is 0.501. The Bertz CT molecular complexity index is 837. The maximum absolute atomic E-state index is 12.8. The molecule has 2 amide bonds. The van der Waals surface area contributed by atoms with E-state index in [4.69, 9.17) is 9.47 Å². The van der Waals surface area contributed by atoms with Crippen LogP contribution in [0.25, 0.3) is 0 Å². The van der Waals surface area contributed by atoms with E-state index in [0.29, 0.717) is 24.5 Å². The van der Waals surface area contributed by atoms with Crippen LogP contribution in [0.3, 0.4) is 0 Å². The number of amides is 2. The molecular formula is C20H20N2O4. The molecule has 0 unspecified atom stereocenters. The van der Waals surface area contributed by atoms with Crippen LogP contribution in [0.2, 0.25) is 0 Å². The van der Waals surface area contributed by atoms with Gasteiger partial charge in [-0.25, -0.2) is 0 Å². The Labute approximate surface area is 151 Å². The standard InChI is InChI=1S/C20H20N2O4/c1-13(14-5-3-2-4-6-14)21-19(23)16-9-10-22(20(16)24)15-7-8-17-18(11-15)26-12-25-17/h2-8,11,13,16H,9-10,12H2,1H3,(H,21,23)/t13-,16+/m1/s1. The van der Waals surface area contributed by atoms with Crippen molar-refractivity contribution in [3.8, 4) is 11.5 Å². The van der Waals surface area contributed by atoms with E-state index >= 15 is 0 Å². The molecule has 0 saturated carbocycles. The summed E-state index contributed by atoms with van der Waals surface area (Å²) < 4.78 is 10.7. The second-order valence-electron chi connectivity index (χ2n) is 6.51. The third kappa shape index (κ3) is 2.98. The zero-order valence-electron chi connectivity index (χ0n) is 14.5. The monoisotopic (exact) mass is 352 g/mol. The van der Waals surface area contributed by atoms with E-state index < -0.39 is 5.92 Å². The molecule has 1 N–H and O–H groups in total. The van der Waals surface area contributed by atoms with Gasteiger partial charge in [0.2, 0.25) is 18.6 Å². The van der Waals surface area contributed by atoms with Gasteiger partial charge in [-0.3, -0.25) is 9.59 Å². The lowest BCUT2D eigenvalue weighted by molar-refractivity contribution is -0.132. The molecule has 134 valence electrons. The van der Waals surface area contributed by atoms with Crippen LogP contribution in [0.4, 0.5) is 5.69 Å². The maximum atomic E-state index is 12.8. The van der Waals surface area contributed by atoms with Crippen molar-refractivity contribution in [3.05, 3.63) is 54.1 Å². The predicted molar refractivity (Wildman–Crippen MR) is 96.0 cm³/mol. The van der Waals surface area contributed by atoms with E-state index in [1.807, 2.05) is 43.3 Å². The van der Waals surface area contributed by atoms with Crippen molar-refractivity contribution in [1.29, 1.82) is 0 Å². The first-order chi connectivity index (χ1) is 12.6. The minimum Gasteiger partial charge on any atom is -0.454 e. The van der Waals surface area contributed by atoms with Crippen molar-refractivity contribution in [1.82, 2.24) is 5.32 Å². The normalized spacial score (nSPS) is 19.5. The second-order valence-corrected chi connectivity index (χ2v) is 6.51. The third-order valence-electron chi connectivity index (χ3n) is 4.85. The molecule has 26 heavy (non-hydrogen) atoms. The molecule has 0 radical (unpaired) electrons. The fourth-order valence-corrected chi connectivity index (χ4v) is 3.37. The van der Waals surface area contributed by atoms with Crippen LogP contribution >= 0.6 is 0 Å². The van der Waals surface area contributed by atoms with Crippen molar-refractivity contribution >= 4 is 17.5 Å². The van der Waals surface area contributed by atoms with Crippen LogP contribution in [0.5, 0.6) is 11.5 Å². The van der Waals surface area contributed by atoms with Gasteiger partial charge >= 0.3 is 0 Å². The van der Waals surface area contributed by atoms with Crippen molar-refractivity contribution in [3.63, 3.8) is 0 Å². The van der Waals surface area contributed by atoms with E-state index in [9.17, 15) is 9.59 Å². The number of ether oxygens (including phenoxy) is 2. The van der Waals surface area contributed by atoms with Gasteiger partial charge in [-0.05, 0) is 31.0 Å². The molecule has 0 aliphatic carbocycles.